The molecule has 2 nitrogen and oxygen atoms in total. The van der Waals surface area contributed by atoms with Gasteiger partial charge in [-0.15, -0.1) is 0 Å². The Kier molecular flexibility index (Phi) is 9.41. The summed E-state index contributed by atoms with van der Waals surface area (Å²) in [5, 5.41) is 0. The highest BCUT2D eigenvalue weighted by atomic mass is 16.5. The lowest BCUT2D eigenvalue weighted by molar-refractivity contribution is -0.136. The zero-order valence-electron chi connectivity index (χ0n) is 9.27. The van der Waals surface area contributed by atoms with Gasteiger partial charge in [-0.1, -0.05) is 44.9 Å². The Morgan fingerprint density at radius 1 is 1.14 bits per heavy atom. The molecule has 0 aromatic rings. The van der Waals surface area contributed by atoms with Crippen LogP contribution in [-0.2, 0) is 9.53 Å². The first-order chi connectivity index (χ1) is 6.81. The van der Waals surface area contributed by atoms with Crippen LogP contribution in [0.25, 0.3) is 0 Å². The highest BCUT2D eigenvalue weighted by molar-refractivity contribution is 5.70. The number of hydrogen-bond donors (Lipinski definition) is 0. The summed E-state index contributed by atoms with van der Waals surface area (Å²) in [5.74, 6) is 2.32. The van der Waals surface area contributed by atoms with Gasteiger partial charge in [0.15, 0.2) is 0 Å². The van der Waals surface area contributed by atoms with Crippen molar-refractivity contribution >= 4 is 5.97 Å². The standard InChI is InChI=1S/C12H20O2/c1-3-5-6-7-8-9-10-12(13)14-11-4-2/h3,5-10H2,1-2H3. The molecule has 0 N–H and O–H groups in total. The Bertz CT molecular complexity index is 198. The largest absolute Gasteiger partial charge is 0.372 e. The summed E-state index contributed by atoms with van der Waals surface area (Å²) in [6, 6.07) is 0. The second-order valence-corrected chi connectivity index (χ2v) is 3.34. The molecule has 0 saturated heterocycles. The highest BCUT2D eigenvalue weighted by Crippen LogP contribution is 2.07. The van der Waals surface area contributed by atoms with E-state index in [-0.39, 0.29) is 5.97 Å². The van der Waals surface area contributed by atoms with Crippen molar-refractivity contribution in [2.45, 2.75) is 58.8 Å². The Labute approximate surface area is 87.0 Å². The third-order valence-corrected chi connectivity index (χ3v) is 2.00. The lowest BCUT2D eigenvalue weighted by atomic mass is 10.1. The van der Waals surface area contributed by atoms with Crippen LogP contribution in [0.1, 0.15) is 58.8 Å². The normalized spacial score (nSPS) is 9.00. The van der Waals surface area contributed by atoms with Crippen molar-refractivity contribution in [1.82, 2.24) is 0 Å². The summed E-state index contributed by atoms with van der Waals surface area (Å²) in [6.07, 6.45) is 9.91. The molecule has 0 aromatic heterocycles. The first-order valence-electron chi connectivity index (χ1n) is 5.42. The summed E-state index contributed by atoms with van der Waals surface area (Å²) >= 11 is 0. The third kappa shape index (κ3) is 9.12. The van der Waals surface area contributed by atoms with Crippen molar-refractivity contribution in [2.75, 3.05) is 0 Å². The third-order valence-electron chi connectivity index (χ3n) is 2.00. The second-order valence-electron chi connectivity index (χ2n) is 3.34. The quantitative estimate of drug-likeness (QED) is 0.355. The molecule has 0 unspecified atom stereocenters. The Morgan fingerprint density at radius 2 is 1.79 bits per heavy atom. The summed E-state index contributed by atoms with van der Waals surface area (Å²) in [6.45, 7) is 3.85. The molecular formula is C12H20O2. The molecule has 0 atom stereocenters. The number of esters is 1. The predicted molar refractivity (Wildman–Crippen MR) is 57.5 cm³/mol. The van der Waals surface area contributed by atoms with E-state index in [0.717, 1.165) is 12.8 Å². The maximum Gasteiger partial charge on any atom is 0.319 e. The van der Waals surface area contributed by atoms with Crippen LogP contribution in [-0.4, -0.2) is 5.97 Å². The molecule has 80 valence electrons. The van der Waals surface area contributed by atoms with Crippen LogP contribution in [0.2, 0.25) is 0 Å². The van der Waals surface area contributed by atoms with E-state index in [4.69, 9.17) is 0 Å². The van der Waals surface area contributed by atoms with Crippen molar-refractivity contribution < 1.29 is 9.53 Å². The van der Waals surface area contributed by atoms with Gasteiger partial charge in [-0.25, -0.2) is 0 Å². The number of hydrogen-bond acceptors (Lipinski definition) is 2. The molecule has 0 fully saturated rings. The average molecular weight is 196 g/mol. The van der Waals surface area contributed by atoms with E-state index in [1.165, 1.54) is 25.7 Å². The topological polar surface area (TPSA) is 26.3 Å². The van der Waals surface area contributed by atoms with Crippen molar-refractivity contribution in [3.05, 3.63) is 0 Å². The van der Waals surface area contributed by atoms with E-state index in [1.807, 2.05) is 0 Å². The van der Waals surface area contributed by atoms with Gasteiger partial charge in [-0.2, -0.15) is 0 Å². The van der Waals surface area contributed by atoms with Crippen LogP contribution >= 0.6 is 0 Å². The molecule has 14 heavy (non-hydrogen) atoms. The Hall–Kier alpha value is -0.970. The molecule has 0 aliphatic carbocycles. The van der Waals surface area contributed by atoms with Gasteiger partial charge >= 0.3 is 5.97 Å². The van der Waals surface area contributed by atoms with Gasteiger partial charge in [0, 0.05) is 13.3 Å². The van der Waals surface area contributed by atoms with E-state index in [0.29, 0.717) is 6.42 Å². The molecule has 0 radical (unpaired) electrons. The van der Waals surface area contributed by atoms with Gasteiger partial charge in [-0.05, 0) is 6.42 Å². The molecule has 0 aromatic carbocycles. The smallest absolute Gasteiger partial charge is 0.319 e. The Balaban J connectivity index is 3.17. The molecule has 0 rings (SSSR count). The molecule has 0 bridgehead atoms. The molecule has 0 spiro atoms. The second kappa shape index (κ2) is 10.1. The molecular weight excluding hydrogens is 176 g/mol. The van der Waals surface area contributed by atoms with E-state index >= 15 is 0 Å². The van der Waals surface area contributed by atoms with Crippen LogP contribution < -0.4 is 0 Å². The van der Waals surface area contributed by atoms with Crippen molar-refractivity contribution in [2.24, 2.45) is 0 Å². The lowest BCUT2D eigenvalue weighted by Crippen LogP contribution is -1.99. The van der Waals surface area contributed by atoms with E-state index in [1.54, 1.807) is 6.92 Å². The zero-order chi connectivity index (χ0) is 10.6. The predicted octanol–water partition coefficient (Wildman–Crippen LogP) is 3.26. The van der Waals surface area contributed by atoms with Gasteiger partial charge in [0.25, 0.3) is 0 Å². The number of unbranched alkanes of at least 4 members (excludes halogenated alkanes) is 5. The number of carbonyl (C=O) groups excluding carboxylic acids is 1. The van der Waals surface area contributed by atoms with Crippen molar-refractivity contribution in [3.63, 3.8) is 0 Å². The maximum absolute atomic E-state index is 11.0. The molecule has 0 saturated carbocycles. The Morgan fingerprint density at radius 3 is 2.43 bits per heavy atom. The first-order valence-corrected chi connectivity index (χ1v) is 5.42. The lowest BCUT2D eigenvalue weighted by Gasteiger charge is -1.98. The van der Waals surface area contributed by atoms with Crippen LogP contribution in [0.15, 0.2) is 0 Å². The van der Waals surface area contributed by atoms with Gasteiger partial charge < -0.3 is 4.74 Å². The van der Waals surface area contributed by atoms with Crippen LogP contribution in [0, 0.1) is 12.0 Å². The van der Waals surface area contributed by atoms with Crippen molar-refractivity contribution in [3.8, 4) is 12.0 Å². The van der Waals surface area contributed by atoms with Crippen LogP contribution in [0.3, 0.4) is 0 Å². The summed E-state index contributed by atoms with van der Waals surface area (Å²) in [5.41, 5.74) is 0. The highest BCUT2D eigenvalue weighted by Gasteiger charge is 2.00. The van der Waals surface area contributed by atoms with Crippen molar-refractivity contribution in [1.29, 1.82) is 0 Å². The zero-order valence-corrected chi connectivity index (χ0v) is 9.27. The number of carbonyl (C=O) groups is 1. The minimum atomic E-state index is -0.199. The monoisotopic (exact) mass is 196 g/mol. The minimum Gasteiger partial charge on any atom is -0.372 e. The fourth-order valence-corrected chi connectivity index (χ4v) is 1.21. The fourth-order valence-electron chi connectivity index (χ4n) is 1.21. The first kappa shape index (κ1) is 13.0. The van der Waals surface area contributed by atoms with E-state index in [9.17, 15) is 4.79 Å². The minimum absolute atomic E-state index is 0.199. The van der Waals surface area contributed by atoms with Gasteiger partial charge in [0.2, 0.25) is 0 Å². The van der Waals surface area contributed by atoms with Gasteiger partial charge in [0.05, 0.1) is 0 Å². The number of ether oxygens (including phenoxy) is 1. The molecule has 0 heterocycles. The molecule has 0 aliphatic heterocycles. The van der Waals surface area contributed by atoms with Crippen LogP contribution in [0.4, 0.5) is 0 Å². The van der Waals surface area contributed by atoms with Gasteiger partial charge in [-0.3, -0.25) is 4.79 Å². The van der Waals surface area contributed by atoms with E-state index < -0.39 is 0 Å². The number of rotatable bonds is 7. The molecule has 0 aliphatic rings. The SMILES string of the molecule is CC#COC(=O)CCCCCCCC. The average Bonchev–Trinajstić information content (AvgIpc) is 2.20. The summed E-state index contributed by atoms with van der Waals surface area (Å²) in [7, 11) is 0. The fraction of sp³-hybridized carbons (Fsp3) is 0.750. The maximum atomic E-state index is 11.0. The summed E-state index contributed by atoms with van der Waals surface area (Å²) < 4.78 is 4.62. The molecule has 2 heteroatoms. The van der Waals surface area contributed by atoms with Gasteiger partial charge in [0.1, 0.15) is 6.11 Å². The summed E-state index contributed by atoms with van der Waals surface area (Å²) in [4.78, 5) is 11.0. The van der Waals surface area contributed by atoms with E-state index in [2.05, 4.69) is 23.7 Å². The van der Waals surface area contributed by atoms with Crippen LogP contribution in [0.5, 0.6) is 0 Å². The molecule has 0 amide bonds.